The quantitative estimate of drug-likeness (QED) is 0.400. The Hall–Kier alpha value is -3.50. The highest BCUT2D eigenvalue weighted by Gasteiger charge is 2.11. The molecular formula is C21H19ClN2O5. The molecule has 2 rings (SSSR count). The van der Waals surface area contributed by atoms with Crippen LogP contribution >= 0.6 is 11.6 Å². The smallest absolute Gasteiger partial charge is 0.343 e. The molecule has 1 amide bonds. The van der Waals surface area contributed by atoms with E-state index in [0.29, 0.717) is 23.6 Å². The van der Waals surface area contributed by atoms with Gasteiger partial charge in [0.05, 0.1) is 18.7 Å². The van der Waals surface area contributed by atoms with E-state index in [-0.39, 0.29) is 23.0 Å². The van der Waals surface area contributed by atoms with Crippen molar-refractivity contribution in [2.45, 2.75) is 6.92 Å². The summed E-state index contributed by atoms with van der Waals surface area (Å²) in [5.74, 6) is -0.126. The van der Waals surface area contributed by atoms with Gasteiger partial charge in [0.1, 0.15) is 23.1 Å². The lowest BCUT2D eigenvalue weighted by Crippen LogP contribution is -2.13. The van der Waals surface area contributed by atoms with E-state index in [1.165, 1.54) is 25.3 Å². The van der Waals surface area contributed by atoms with Crippen LogP contribution in [0.25, 0.3) is 6.08 Å². The fourth-order valence-corrected chi connectivity index (χ4v) is 2.48. The van der Waals surface area contributed by atoms with Crippen LogP contribution in [0.5, 0.6) is 11.5 Å². The Morgan fingerprint density at radius 1 is 1.17 bits per heavy atom. The van der Waals surface area contributed by atoms with Gasteiger partial charge in [0.25, 0.3) is 5.91 Å². The van der Waals surface area contributed by atoms with Gasteiger partial charge in [-0.15, -0.1) is 0 Å². The predicted octanol–water partition coefficient (Wildman–Crippen LogP) is 3.84. The van der Waals surface area contributed by atoms with Crippen molar-refractivity contribution in [3.05, 3.63) is 58.6 Å². The van der Waals surface area contributed by atoms with Crippen LogP contribution < -0.4 is 14.8 Å². The highest BCUT2D eigenvalue weighted by Crippen LogP contribution is 2.26. The van der Waals surface area contributed by atoms with Gasteiger partial charge in [-0.25, -0.2) is 4.79 Å². The molecule has 0 fully saturated rings. The third-order valence-electron chi connectivity index (χ3n) is 3.63. The van der Waals surface area contributed by atoms with Gasteiger partial charge in [-0.1, -0.05) is 17.7 Å². The van der Waals surface area contributed by atoms with Crippen LogP contribution in [0.4, 0.5) is 5.69 Å². The average molecular weight is 415 g/mol. The Morgan fingerprint density at radius 2 is 1.90 bits per heavy atom. The molecule has 0 aliphatic carbocycles. The van der Waals surface area contributed by atoms with Gasteiger partial charge in [-0.05, 0) is 55.0 Å². The van der Waals surface area contributed by atoms with Gasteiger partial charge in [-0.2, -0.15) is 5.26 Å². The van der Waals surface area contributed by atoms with Gasteiger partial charge < -0.3 is 19.5 Å². The van der Waals surface area contributed by atoms with E-state index in [2.05, 4.69) is 10.1 Å². The molecule has 0 saturated heterocycles. The molecule has 0 radical (unpaired) electrons. The van der Waals surface area contributed by atoms with Crippen molar-refractivity contribution in [3.8, 4) is 17.6 Å². The minimum absolute atomic E-state index is 0.0989. The number of benzene rings is 2. The summed E-state index contributed by atoms with van der Waals surface area (Å²) in [4.78, 5) is 23.5. The van der Waals surface area contributed by atoms with E-state index < -0.39 is 11.9 Å². The highest BCUT2D eigenvalue weighted by molar-refractivity contribution is 6.32. The summed E-state index contributed by atoms with van der Waals surface area (Å²) in [7, 11) is 1.25. The zero-order valence-electron chi connectivity index (χ0n) is 15.9. The summed E-state index contributed by atoms with van der Waals surface area (Å²) in [5, 5.41) is 12.2. The minimum Gasteiger partial charge on any atom is -0.494 e. The standard InChI is InChI=1S/C21H19ClN2O5/c1-3-28-17-7-5-16(6-8-17)24-21(26)15(12-23)10-14-4-9-19(18(22)11-14)29-13-20(25)27-2/h4-11H,3,13H2,1-2H3,(H,24,26)/b15-10+. The summed E-state index contributed by atoms with van der Waals surface area (Å²) >= 11 is 6.13. The topological polar surface area (TPSA) is 97.6 Å². The molecule has 0 aliphatic rings. The van der Waals surface area contributed by atoms with Crippen LogP contribution in [-0.2, 0) is 14.3 Å². The first kappa shape index (κ1) is 21.8. The number of carbonyl (C=O) groups is 2. The van der Waals surface area contributed by atoms with Crippen molar-refractivity contribution in [1.29, 1.82) is 5.26 Å². The van der Waals surface area contributed by atoms with E-state index in [1.807, 2.05) is 13.0 Å². The fourth-order valence-electron chi connectivity index (χ4n) is 2.23. The summed E-state index contributed by atoms with van der Waals surface area (Å²) in [5.41, 5.74) is 0.959. The van der Waals surface area contributed by atoms with Crippen LogP contribution in [0.15, 0.2) is 48.0 Å². The van der Waals surface area contributed by atoms with Gasteiger partial charge in [0, 0.05) is 5.69 Å². The lowest BCUT2D eigenvalue weighted by molar-refractivity contribution is -0.142. The number of anilines is 1. The summed E-state index contributed by atoms with van der Waals surface area (Å²) < 4.78 is 15.1. The third kappa shape index (κ3) is 6.55. The number of ether oxygens (including phenoxy) is 3. The van der Waals surface area contributed by atoms with E-state index in [4.69, 9.17) is 21.1 Å². The number of esters is 1. The largest absolute Gasteiger partial charge is 0.494 e. The second-order valence-electron chi connectivity index (χ2n) is 5.64. The van der Waals surface area contributed by atoms with Crippen molar-refractivity contribution in [3.63, 3.8) is 0 Å². The molecule has 2 aromatic carbocycles. The van der Waals surface area contributed by atoms with Gasteiger partial charge in [0.2, 0.25) is 0 Å². The molecule has 0 saturated carbocycles. The average Bonchev–Trinajstić information content (AvgIpc) is 2.72. The first-order valence-corrected chi connectivity index (χ1v) is 8.99. The van der Waals surface area contributed by atoms with Gasteiger partial charge >= 0.3 is 5.97 Å². The Labute approximate surface area is 173 Å². The first-order valence-electron chi connectivity index (χ1n) is 8.62. The number of hydrogen-bond acceptors (Lipinski definition) is 6. The second kappa shape index (κ2) is 10.7. The van der Waals surface area contributed by atoms with Gasteiger partial charge in [-0.3, -0.25) is 4.79 Å². The zero-order chi connectivity index (χ0) is 21.2. The fraction of sp³-hybridized carbons (Fsp3) is 0.190. The summed E-state index contributed by atoms with van der Waals surface area (Å²) in [6.45, 7) is 2.14. The highest BCUT2D eigenvalue weighted by atomic mass is 35.5. The summed E-state index contributed by atoms with van der Waals surface area (Å²) in [6, 6.07) is 13.4. The number of halogens is 1. The first-order chi connectivity index (χ1) is 14.0. The maximum absolute atomic E-state index is 12.4. The number of nitrogens with one attached hydrogen (secondary N) is 1. The Kier molecular flexibility index (Phi) is 8.07. The van der Waals surface area contributed by atoms with E-state index in [9.17, 15) is 14.9 Å². The molecule has 0 bridgehead atoms. The Morgan fingerprint density at radius 3 is 2.48 bits per heavy atom. The molecule has 2 aromatic rings. The van der Waals surface area contributed by atoms with Crippen LogP contribution in [-0.4, -0.2) is 32.2 Å². The lowest BCUT2D eigenvalue weighted by Gasteiger charge is -2.08. The normalized spacial score (nSPS) is 10.6. The molecule has 0 heterocycles. The Balaban J connectivity index is 2.09. The lowest BCUT2D eigenvalue weighted by atomic mass is 10.1. The molecular weight excluding hydrogens is 396 g/mol. The maximum atomic E-state index is 12.4. The van der Waals surface area contributed by atoms with Crippen molar-refractivity contribution in [1.82, 2.24) is 0 Å². The maximum Gasteiger partial charge on any atom is 0.343 e. The van der Waals surface area contributed by atoms with Crippen molar-refractivity contribution >= 4 is 35.2 Å². The molecule has 0 spiro atoms. The van der Waals surface area contributed by atoms with Crippen LogP contribution in [0.2, 0.25) is 5.02 Å². The van der Waals surface area contributed by atoms with Gasteiger partial charge in [0.15, 0.2) is 6.61 Å². The number of amides is 1. The monoisotopic (exact) mass is 414 g/mol. The predicted molar refractivity (Wildman–Crippen MR) is 109 cm³/mol. The second-order valence-corrected chi connectivity index (χ2v) is 6.04. The molecule has 0 aliphatic heterocycles. The number of hydrogen-bond donors (Lipinski definition) is 1. The minimum atomic E-state index is -0.557. The number of nitrogens with zero attached hydrogens (tertiary/aromatic N) is 1. The molecule has 0 unspecified atom stereocenters. The van der Waals surface area contributed by atoms with Crippen LogP contribution in [0.3, 0.4) is 0 Å². The summed E-state index contributed by atoms with van der Waals surface area (Å²) in [6.07, 6.45) is 1.40. The van der Waals surface area contributed by atoms with Crippen LogP contribution in [0.1, 0.15) is 12.5 Å². The Bertz CT molecular complexity index is 949. The van der Waals surface area contributed by atoms with E-state index >= 15 is 0 Å². The number of rotatable bonds is 8. The SMILES string of the molecule is CCOc1ccc(NC(=O)/C(C#N)=C/c2ccc(OCC(=O)OC)c(Cl)c2)cc1. The van der Waals surface area contributed by atoms with Crippen molar-refractivity contribution in [2.24, 2.45) is 0 Å². The number of nitriles is 1. The van der Waals surface area contributed by atoms with Crippen LogP contribution in [0, 0.1) is 11.3 Å². The van der Waals surface area contributed by atoms with Crippen molar-refractivity contribution < 1.29 is 23.8 Å². The molecule has 8 heteroatoms. The molecule has 150 valence electrons. The zero-order valence-corrected chi connectivity index (χ0v) is 16.7. The van der Waals surface area contributed by atoms with E-state index in [1.54, 1.807) is 30.3 Å². The third-order valence-corrected chi connectivity index (χ3v) is 3.92. The van der Waals surface area contributed by atoms with Crippen molar-refractivity contribution in [2.75, 3.05) is 25.6 Å². The molecule has 7 nitrogen and oxygen atoms in total. The van der Waals surface area contributed by atoms with E-state index in [0.717, 1.165) is 0 Å². The molecule has 0 atom stereocenters. The number of carbonyl (C=O) groups excluding carboxylic acids is 2. The molecule has 29 heavy (non-hydrogen) atoms. The molecule has 1 N–H and O–H groups in total. The number of methoxy groups -OCH3 is 1. The molecule has 0 aromatic heterocycles.